The number of carbonyl (C=O) groups is 1. The molecule has 110 valence electrons. The highest BCUT2D eigenvalue weighted by Crippen LogP contribution is 2.33. The van der Waals surface area contributed by atoms with Crippen molar-refractivity contribution in [2.75, 3.05) is 12.4 Å². The maximum Gasteiger partial charge on any atom is 0.255 e. The number of hydrogen-bond donors (Lipinski definition) is 2. The number of thiophene rings is 1. The highest BCUT2D eigenvalue weighted by Gasteiger charge is 2.24. The van der Waals surface area contributed by atoms with Gasteiger partial charge in [0.1, 0.15) is 0 Å². The first-order valence-electron chi connectivity index (χ1n) is 7.20. The van der Waals surface area contributed by atoms with Gasteiger partial charge in [-0.1, -0.05) is 0 Å². The number of rotatable bonds is 3. The Morgan fingerprint density at radius 3 is 3.14 bits per heavy atom. The average Bonchev–Trinajstić information content (AvgIpc) is 2.96. The van der Waals surface area contributed by atoms with Crippen molar-refractivity contribution in [1.82, 2.24) is 10.3 Å². The predicted molar refractivity (Wildman–Crippen MR) is 86.0 cm³/mol. The third-order valence-corrected chi connectivity index (χ3v) is 4.91. The molecule has 0 saturated carbocycles. The van der Waals surface area contributed by atoms with Gasteiger partial charge in [-0.15, -0.1) is 11.3 Å². The smallest absolute Gasteiger partial charge is 0.255 e. The summed E-state index contributed by atoms with van der Waals surface area (Å²) in [5.74, 6) is -0.0594. The third-order valence-electron chi connectivity index (χ3n) is 3.91. The zero-order chi connectivity index (χ0) is 14.8. The number of amides is 1. The Kier molecular flexibility index (Phi) is 3.92. The molecule has 0 radical (unpaired) electrons. The van der Waals surface area contributed by atoms with Gasteiger partial charge in [0.25, 0.3) is 5.91 Å². The number of pyridine rings is 1. The monoisotopic (exact) mass is 301 g/mol. The number of nitrogens with one attached hydrogen (secondary N) is 2. The molecule has 4 nitrogen and oxygen atoms in total. The van der Waals surface area contributed by atoms with E-state index >= 15 is 0 Å². The van der Waals surface area contributed by atoms with E-state index in [0.717, 1.165) is 30.6 Å². The summed E-state index contributed by atoms with van der Waals surface area (Å²) in [6, 6.07) is 4.15. The van der Waals surface area contributed by atoms with Crippen molar-refractivity contribution in [3.63, 3.8) is 0 Å². The van der Waals surface area contributed by atoms with E-state index in [1.165, 1.54) is 10.4 Å². The zero-order valence-electron chi connectivity index (χ0n) is 12.3. The highest BCUT2D eigenvalue weighted by molar-refractivity contribution is 7.10. The maximum absolute atomic E-state index is 12.5. The summed E-state index contributed by atoms with van der Waals surface area (Å²) in [7, 11) is 1.82. The summed E-state index contributed by atoms with van der Waals surface area (Å²) in [5.41, 5.74) is 3.60. The molecule has 2 heterocycles. The van der Waals surface area contributed by atoms with Crippen molar-refractivity contribution in [2.45, 2.75) is 32.2 Å². The zero-order valence-corrected chi connectivity index (χ0v) is 13.1. The number of aryl methyl sites for hydroxylation is 2. The van der Waals surface area contributed by atoms with Crippen LogP contribution in [0, 0.1) is 6.92 Å². The van der Waals surface area contributed by atoms with Crippen LogP contribution >= 0.6 is 11.3 Å². The number of fused-ring (bicyclic) bond motifs is 1. The number of anilines is 1. The minimum atomic E-state index is -0.0594. The van der Waals surface area contributed by atoms with E-state index in [9.17, 15) is 4.79 Å². The fourth-order valence-electron chi connectivity index (χ4n) is 2.82. The average molecular weight is 301 g/mol. The van der Waals surface area contributed by atoms with Crippen LogP contribution in [0.1, 0.15) is 45.4 Å². The summed E-state index contributed by atoms with van der Waals surface area (Å²) in [6.07, 6.45) is 4.91. The van der Waals surface area contributed by atoms with Gasteiger partial charge in [-0.2, -0.15) is 0 Å². The lowest BCUT2D eigenvalue weighted by Crippen LogP contribution is -2.31. The van der Waals surface area contributed by atoms with E-state index in [1.807, 2.05) is 20.0 Å². The van der Waals surface area contributed by atoms with Crippen molar-refractivity contribution in [2.24, 2.45) is 0 Å². The van der Waals surface area contributed by atoms with Gasteiger partial charge in [0.05, 0.1) is 17.3 Å². The SMILES string of the molecule is CNc1cc(C)ncc1C(=O)NC1CCCc2sccc21. The van der Waals surface area contributed by atoms with Gasteiger partial charge in [-0.05, 0) is 49.3 Å². The molecule has 1 aliphatic rings. The van der Waals surface area contributed by atoms with Crippen LogP contribution < -0.4 is 10.6 Å². The standard InChI is InChI=1S/C16H19N3OS/c1-10-8-14(17-2)12(9-18-10)16(20)19-13-4-3-5-15-11(13)6-7-21-15/h6-9,13H,3-5H2,1-2H3,(H,17,18)(H,19,20). The molecule has 0 aromatic carbocycles. The Bertz CT molecular complexity index is 665. The second-order valence-electron chi connectivity index (χ2n) is 5.34. The number of hydrogen-bond acceptors (Lipinski definition) is 4. The highest BCUT2D eigenvalue weighted by atomic mass is 32.1. The summed E-state index contributed by atoms with van der Waals surface area (Å²) in [5, 5.41) is 8.34. The van der Waals surface area contributed by atoms with Crippen LogP contribution in [0.15, 0.2) is 23.7 Å². The molecule has 3 rings (SSSR count). The molecule has 0 fully saturated rings. The van der Waals surface area contributed by atoms with E-state index < -0.39 is 0 Å². The van der Waals surface area contributed by atoms with E-state index in [1.54, 1.807) is 17.5 Å². The van der Waals surface area contributed by atoms with Gasteiger partial charge in [-0.3, -0.25) is 9.78 Å². The molecule has 1 aliphatic carbocycles. The molecule has 0 aliphatic heterocycles. The van der Waals surface area contributed by atoms with Crippen LogP contribution in [0.25, 0.3) is 0 Å². The Labute approximate surface area is 128 Å². The van der Waals surface area contributed by atoms with E-state index in [2.05, 4.69) is 27.1 Å². The van der Waals surface area contributed by atoms with Crippen molar-refractivity contribution in [1.29, 1.82) is 0 Å². The lowest BCUT2D eigenvalue weighted by molar-refractivity contribution is 0.0933. The first-order chi connectivity index (χ1) is 10.2. The largest absolute Gasteiger partial charge is 0.387 e. The molecular formula is C16H19N3OS. The third kappa shape index (κ3) is 2.78. The van der Waals surface area contributed by atoms with E-state index in [4.69, 9.17) is 0 Å². The van der Waals surface area contributed by atoms with Crippen molar-refractivity contribution in [3.8, 4) is 0 Å². The topological polar surface area (TPSA) is 54.0 Å². The Balaban J connectivity index is 1.82. The second-order valence-corrected chi connectivity index (χ2v) is 6.34. The van der Waals surface area contributed by atoms with Crippen molar-refractivity contribution < 1.29 is 4.79 Å². The van der Waals surface area contributed by atoms with Crippen LogP contribution in [0.4, 0.5) is 5.69 Å². The Hall–Kier alpha value is -1.88. The number of nitrogens with zero attached hydrogens (tertiary/aromatic N) is 1. The molecular weight excluding hydrogens is 282 g/mol. The van der Waals surface area contributed by atoms with Crippen LogP contribution in [-0.4, -0.2) is 17.9 Å². The molecule has 2 N–H and O–H groups in total. The van der Waals surface area contributed by atoms with Gasteiger partial charge < -0.3 is 10.6 Å². The molecule has 1 unspecified atom stereocenters. The Morgan fingerprint density at radius 2 is 2.33 bits per heavy atom. The summed E-state index contributed by atoms with van der Waals surface area (Å²) >= 11 is 1.79. The summed E-state index contributed by atoms with van der Waals surface area (Å²) < 4.78 is 0. The molecule has 0 bridgehead atoms. The van der Waals surface area contributed by atoms with E-state index in [-0.39, 0.29) is 11.9 Å². The van der Waals surface area contributed by atoms with Gasteiger partial charge in [0, 0.05) is 23.8 Å². The van der Waals surface area contributed by atoms with Crippen LogP contribution in [-0.2, 0) is 6.42 Å². The quantitative estimate of drug-likeness (QED) is 0.914. The van der Waals surface area contributed by atoms with Crippen molar-refractivity contribution >= 4 is 22.9 Å². The first-order valence-corrected chi connectivity index (χ1v) is 8.08. The molecule has 5 heteroatoms. The van der Waals surface area contributed by atoms with E-state index in [0.29, 0.717) is 5.56 Å². The van der Waals surface area contributed by atoms with Gasteiger partial charge in [-0.25, -0.2) is 0 Å². The van der Waals surface area contributed by atoms with Crippen LogP contribution in [0.3, 0.4) is 0 Å². The normalized spacial score (nSPS) is 17.1. The van der Waals surface area contributed by atoms with Gasteiger partial charge >= 0.3 is 0 Å². The molecule has 2 aromatic rings. The molecule has 2 aromatic heterocycles. The summed E-state index contributed by atoms with van der Waals surface area (Å²) in [6.45, 7) is 1.92. The molecule has 0 spiro atoms. The minimum Gasteiger partial charge on any atom is -0.387 e. The second kappa shape index (κ2) is 5.85. The number of carbonyl (C=O) groups excluding carboxylic acids is 1. The Morgan fingerprint density at radius 1 is 1.48 bits per heavy atom. The molecule has 21 heavy (non-hydrogen) atoms. The van der Waals surface area contributed by atoms with Crippen LogP contribution in [0.5, 0.6) is 0 Å². The predicted octanol–water partition coefficient (Wildman–Crippen LogP) is 3.30. The molecule has 1 atom stereocenters. The number of aromatic nitrogens is 1. The lowest BCUT2D eigenvalue weighted by atomic mass is 9.94. The maximum atomic E-state index is 12.5. The fourth-order valence-corrected chi connectivity index (χ4v) is 3.81. The lowest BCUT2D eigenvalue weighted by Gasteiger charge is -2.24. The molecule has 1 amide bonds. The molecule has 0 saturated heterocycles. The summed E-state index contributed by atoms with van der Waals surface area (Å²) in [4.78, 5) is 18.2. The van der Waals surface area contributed by atoms with Gasteiger partial charge in [0.2, 0.25) is 0 Å². The van der Waals surface area contributed by atoms with Gasteiger partial charge in [0.15, 0.2) is 0 Å². The first kappa shape index (κ1) is 14.1. The fraction of sp³-hybridized carbons (Fsp3) is 0.375. The van der Waals surface area contributed by atoms with Crippen molar-refractivity contribution in [3.05, 3.63) is 45.4 Å². The van der Waals surface area contributed by atoms with Crippen LogP contribution in [0.2, 0.25) is 0 Å². The minimum absolute atomic E-state index is 0.0594.